The Labute approximate surface area is 174 Å². The van der Waals surface area contributed by atoms with Gasteiger partial charge in [-0.15, -0.1) is 0 Å². The molecule has 3 rings (SSSR count). The summed E-state index contributed by atoms with van der Waals surface area (Å²) in [7, 11) is -2.08. The monoisotopic (exact) mass is 442 g/mol. The van der Waals surface area contributed by atoms with E-state index in [9.17, 15) is 13.2 Å². The van der Waals surface area contributed by atoms with E-state index >= 15 is 0 Å². The smallest absolute Gasteiger partial charge is 0.243 e. The average molecular weight is 443 g/mol. The number of hydrogen-bond acceptors (Lipinski definition) is 4. The number of anilines is 1. The zero-order chi connectivity index (χ0) is 20.3. The second kappa shape index (κ2) is 8.69. The number of hydrogen-bond donors (Lipinski definition) is 1. The van der Waals surface area contributed by atoms with Gasteiger partial charge in [0.1, 0.15) is 5.75 Å². The van der Waals surface area contributed by atoms with Crippen molar-refractivity contribution >= 4 is 44.8 Å². The van der Waals surface area contributed by atoms with E-state index in [1.54, 1.807) is 30.3 Å². The summed E-state index contributed by atoms with van der Waals surface area (Å²) in [6.07, 6.45) is 0.840. The molecule has 0 atom stereocenters. The molecule has 0 unspecified atom stereocenters. The minimum absolute atomic E-state index is 0.207. The standard InChI is InChI=1S/C19H20Cl2N2O4S/c1-27-14-5-7-15(8-6-14)28(25,26)23-11-9-13(10-12-23)19(24)22-18-16(20)3-2-4-17(18)21/h2-8,13H,9-12H2,1H3,(H,22,24). The van der Waals surface area contributed by atoms with E-state index in [1.807, 2.05) is 0 Å². The van der Waals surface area contributed by atoms with Gasteiger partial charge in [-0.3, -0.25) is 4.79 Å². The molecule has 1 heterocycles. The lowest BCUT2D eigenvalue weighted by Gasteiger charge is -2.30. The van der Waals surface area contributed by atoms with Gasteiger partial charge in [-0.2, -0.15) is 4.31 Å². The van der Waals surface area contributed by atoms with E-state index in [0.29, 0.717) is 34.3 Å². The quantitative estimate of drug-likeness (QED) is 0.757. The summed E-state index contributed by atoms with van der Waals surface area (Å²) < 4.78 is 32.1. The number of amides is 1. The molecule has 0 aliphatic carbocycles. The predicted octanol–water partition coefficient (Wildman–Crippen LogP) is 4.04. The van der Waals surface area contributed by atoms with E-state index in [1.165, 1.54) is 23.5 Å². The van der Waals surface area contributed by atoms with E-state index in [-0.39, 0.29) is 29.8 Å². The Morgan fingerprint density at radius 2 is 1.64 bits per heavy atom. The SMILES string of the molecule is COc1ccc(S(=O)(=O)N2CCC(C(=O)Nc3c(Cl)cccc3Cl)CC2)cc1. The summed E-state index contributed by atoms with van der Waals surface area (Å²) in [5, 5.41) is 3.48. The molecule has 1 aliphatic heterocycles. The molecule has 1 amide bonds. The van der Waals surface area contributed by atoms with Gasteiger partial charge in [0, 0.05) is 19.0 Å². The van der Waals surface area contributed by atoms with Crippen molar-refractivity contribution in [3.63, 3.8) is 0 Å². The van der Waals surface area contributed by atoms with Crippen molar-refractivity contribution in [2.24, 2.45) is 5.92 Å². The highest BCUT2D eigenvalue weighted by atomic mass is 35.5. The molecule has 28 heavy (non-hydrogen) atoms. The van der Waals surface area contributed by atoms with Crippen LogP contribution in [0, 0.1) is 5.92 Å². The first-order valence-electron chi connectivity index (χ1n) is 8.72. The number of ether oxygens (including phenoxy) is 1. The van der Waals surface area contributed by atoms with E-state index < -0.39 is 10.0 Å². The second-order valence-corrected chi connectivity index (χ2v) is 9.19. The molecule has 9 heteroatoms. The normalized spacial score (nSPS) is 16.0. The van der Waals surface area contributed by atoms with Gasteiger partial charge in [0.15, 0.2) is 0 Å². The molecule has 0 aromatic heterocycles. The Morgan fingerprint density at radius 1 is 1.07 bits per heavy atom. The minimum Gasteiger partial charge on any atom is -0.497 e. The molecule has 150 valence electrons. The van der Waals surface area contributed by atoms with Crippen molar-refractivity contribution in [2.75, 3.05) is 25.5 Å². The van der Waals surface area contributed by atoms with Gasteiger partial charge < -0.3 is 10.1 Å². The van der Waals surface area contributed by atoms with Crippen molar-refractivity contribution in [1.29, 1.82) is 0 Å². The van der Waals surface area contributed by atoms with Crippen LogP contribution in [0.25, 0.3) is 0 Å². The number of nitrogens with one attached hydrogen (secondary N) is 1. The molecule has 0 radical (unpaired) electrons. The summed E-state index contributed by atoms with van der Waals surface area (Å²) in [6.45, 7) is 0.533. The highest BCUT2D eigenvalue weighted by Gasteiger charge is 2.32. The molecule has 2 aromatic carbocycles. The Kier molecular flexibility index (Phi) is 6.50. The molecule has 2 aromatic rings. The van der Waals surface area contributed by atoms with Crippen LogP contribution in [0.1, 0.15) is 12.8 Å². The fourth-order valence-corrected chi connectivity index (χ4v) is 5.06. The van der Waals surface area contributed by atoms with Gasteiger partial charge in [-0.05, 0) is 49.2 Å². The first-order valence-corrected chi connectivity index (χ1v) is 10.9. The maximum Gasteiger partial charge on any atom is 0.243 e. The third kappa shape index (κ3) is 4.43. The predicted molar refractivity (Wildman–Crippen MR) is 110 cm³/mol. The van der Waals surface area contributed by atoms with Crippen LogP contribution in [0.3, 0.4) is 0 Å². The van der Waals surface area contributed by atoms with E-state index in [2.05, 4.69) is 5.32 Å². The molecule has 1 saturated heterocycles. The number of methoxy groups -OCH3 is 1. The molecule has 0 bridgehead atoms. The minimum atomic E-state index is -3.60. The number of nitrogens with zero attached hydrogens (tertiary/aromatic N) is 1. The van der Waals surface area contributed by atoms with Crippen molar-refractivity contribution in [1.82, 2.24) is 4.31 Å². The maximum atomic E-state index is 12.8. The highest BCUT2D eigenvalue weighted by Crippen LogP contribution is 2.31. The molecular weight excluding hydrogens is 423 g/mol. The summed E-state index contributed by atoms with van der Waals surface area (Å²) in [4.78, 5) is 12.8. The average Bonchev–Trinajstić information content (AvgIpc) is 2.71. The lowest BCUT2D eigenvalue weighted by Crippen LogP contribution is -2.41. The van der Waals surface area contributed by atoms with Crippen LogP contribution in [0.4, 0.5) is 5.69 Å². The fraction of sp³-hybridized carbons (Fsp3) is 0.316. The van der Waals surface area contributed by atoms with Crippen molar-refractivity contribution < 1.29 is 17.9 Å². The Morgan fingerprint density at radius 3 is 2.18 bits per heavy atom. The van der Waals surface area contributed by atoms with Crippen LogP contribution in [0.15, 0.2) is 47.4 Å². The number of piperidine rings is 1. The Balaban J connectivity index is 1.64. The summed E-state index contributed by atoms with van der Waals surface area (Å²) in [5.41, 5.74) is 0.379. The number of carbonyl (C=O) groups excluding carboxylic acids is 1. The molecule has 6 nitrogen and oxygen atoms in total. The van der Waals surface area contributed by atoms with Crippen LogP contribution >= 0.6 is 23.2 Å². The van der Waals surface area contributed by atoms with Gasteiger partial charge in [0.2, 0.25) is 15.9 Å². The van der Waals surface area contributed by atoms with Crippen LogP contribution < -0.4 is 10.1 Å². The van der Waals surface area contributed by atoms with Gasteiger partial charge in [0.05, 0.1) is 27.7 Å². The third-order valence-corrected chi connectivity index (χ3v) is 7.28. The number of para-hydroxylation sites is 1. The zero-order valence-electron chi connectivity index (χ0n) is 15.2. The second-order valence-electron chi connectivity index (χ2n) is 6.44. The van der Waals surface area contributed by atoms with Gasteiger partial charge in [0.25, 0.3) is 0 Å². The van der Waals surface area contributed by atoms with Crippen LogP contribution in [0.5, 0.6) is 5.75 Å². The van der Waals surface area contributed by atoms with E-state index in [4.69, 9.17) is 27.9 Å². The summed E-state index contributed by atoms with van der Waals surface area (Å²) in [5.74, 6) is 0.0683. The number of halogens is 2. The zero-order valence-corrected chi connectivity index (χ0v) is 17.5. The first-order chi connectivity index (χ1) is 13.3. The molecular formula is C19H20Cl2N2O4S. The summed E-state index contributed by atoms with van der Waals surface area (Å²) in [6, 6.07) is 11.3. The number of benzene rings is 2. The lowest BCUT2D eigenvalue weighted by molar-refractivity contribution is -0.120. The molecule has 1 aliphatic rings. The number of rotatable bonds is 5. The van der Waals surface area contributed by atoms with Crippen LogP contribution in [0.2, 0.25) is 10.0 Å². The van der Waals surface area contributed by atoms with E-state index in [0.717, 1.165) is 0 Å². The number of carbonyl (C=O) groups is 1. The Hall–Kier alpha value is -1.80. The molecule has 0 saturated carbocycles. The van der Waals surface area contributed by atoms with Crippen molar-refractivity contribution in [3.8, 4) is 5.75 Å². The Bertz CT molecular complexity index is 936. The maximum absolute atomic E-state index is 12.8. The lowest BCUT2D eigenvalue weighted by atomic mass is 9.97. The van der Waals surface area contributed by atoms with Gasteiger partial charge in [-0.25, -0.2) is 8.42 Å². The van der Waals surface area contributed by atoms with Crippen LogP contribution in [-0.2, 0) is 14.8 Å². The summed E-state index contributed by atoms with van der Waals surface area (Å²) >= 11 is 12.2. The van der Waals surface area contributed by atoms with Crippen LogP contribution in [-0.4, -0.2) is 38.8 Å². The van der Waals surface area contributed by atoms with Crippen molar-refractivity contribution in [2.45, 2.75) is 17.7 Å². The highest BCUT2D eigenvalue weighted by molar-refractivity contribution is 7.89. The molecule has 0 spiro atoms. The van der Waals surface area contributed by atoms with Crippen molar-refractivity contribution in [3.05, 3.63) is 52.5 Å². The topological polar surface area (TPSA) is 75.7 Å². The third-order valence-electron chi connectivity index (χ3n) is 4.73. The van der Waals surface area contributed by atoms with Gasteiger partial charge >= 0.3 is 0 Å². The molecule has 1 fully saturated rings. The molecule has 1 N–H and O–H groups in total. The number of sulfonamides is 1. The van der Waals surface area contributed by atoms with Gasteiger partial charge in [-0.1, -0.05) is 29.3 Å². The first kappa shape index (κ1) is 20.9. The largest absolute Gasteiger partial charge is 0.497 e. The fourth-order valence-electron chi connectivity index (χ4n) is 3.10.